The Morgan fingerprint density at radius 2 is 2.00 bits per heavy atom. The third-order valence-electron chi connectivity index (χ3n) is 1.86. The van der Waals surface area contributed by atoms with Crippen LogP contribution < -0.4 is 0 Å². The van der Waals surface area contributed by atoms with Crippen molar-refractivity contribution in [3.05, 3.63) is 0 Å². The van der Waals surface area contributed by atoms with E-state index in [1.807, 2.05) is 0 Å². The zero-order valence-corrected chi connectivity index (χ0v) is 13.6. The Morgan fingerprint density at radius 3 is 2.42 bits per heavy atom. The molecule has 0 aliphatic heterocycles. The first-order chi connectivity index (χ1) is 8.88. The Hall–Kier alpha value is -0.720. The summed E-state index contributed by atoms with van der Waals surface area (Å²) in [4.78, 5) is 17.3. The fraction of sp³-hybridized carbons (Fsp3) is 0.800. The number of nitrogens with zero attached hydrogens (tertiary/aromatic N) is 2. The van der Waals surface area contributed by atoms with Crippen molar-refractivity contribution in [3.8, 4) is 0 Å². The predicted octanol–water partition coefficient (Wildman–Crippen LogP) is 2.63. The van der Waals surface area contributed by atoms with Gasteiger partial charge in [-0.05, 0) is 6.92 Å². The van der Waals surface area contributed by atoms with Gasteiger partial charge < -0.3 is 19.0 Å². The van der Waals surface area contributed by atoms with Gasteiger partial charge in [-0.3, -0.25) is 4.57 Å². The van der Waals surface area contributed by atoms with Crippen LogP contribution in [0.1, 0.15) is 13.8 Å². The minimum absolute atomic E-state index is 0.0552. The van der Waals surface area contributed by atoms with Crippen LogP contribution in [-0.2, 0) is 18.7 Å². The summed E-state index contributed by atoms with van der Waals surface area (Å²) in [7, 11) is 4.45. The lowest BCUT2D eigenvalue weighted by Crippen LogP contribution is -2.26. The van der Waals surface area contributed by atoms with Crippen molar-refractivity contribution in [3.63, 3.8) is 0 Å². The van der Waals surface area contributed by atoms with Crippen LogP contribution in [-0.4, -0.2) is 56.6 Å². The highest BCUT2D eigenvalue weighted by Gasteiger charge is 2.23. The van der Waals surface area contributed by atoms with Gasteiger partial charge in [-0.25, -0.2) is 4.79 Å². The third-order valence-corrected chi connectivity index (χ3v) is 6.72. The van der Waals surface area contributed by atoms with Crippen LogP contribution >= 0.6 is 18.0 Å². The standard InChI is InChI=1S/C10H21N2O5PS/c1-6-16-18(14,7-2)19-8-9(11-15-5)17-10(13)12(3)4/h6-8H2,1-5H3. The molecule has 1 atom stereocenters. The largest absolute Gasteiger partial charge is 0.415 e. The highest BCUT2D eigenvalue weighted by atomic mass is 32.7. The fourth-order valence-corrected chi connectivity index (χ4v) is 4.20. The molecule has 1 amide bonds. The van der Waals surface area contributed by atoms with E-state index in [2.05, 4.69) is 9.99 Å². The molecule has 0 aromatic rings. The van der Waals surface area contributed by atoms with E-state index in [1.165, 1.54) is 12.0 Å². The second kappa shape index (κ2) is 9.23. The van der Waals surface area contributed by atoms with E-state index in [4.69, 9.17) is 9.26 Å². The molecular formula is C10H21N2O5PS. The maximum Gasteiger partial charge on any atom is 0.415 e. The number of oxime groups is 1. The molecule has 0 spiro atoms. The van der Waals surface area contributed by atoms with Gasteiger partial charge in [-0.2, -0.15) is 0 Å². The van der Waals surface area contributed by atoms with Crippen LogP contribution in [0.2, 0.25) is 0 Å². The van der Waals surface area contributed by atoms with Gasteiger partial charge in [0.05, 0.1) is 12.4 Å². The number of carbonyl (C=O) groups excluding carboxylic acids is 1. The first-order valence-electron chi connectivity index (χ1n) is 5.75. The molecule has 0 saturated carbocycles. The number of hydrogen-bond acceptors (Lipinski definition) is 7. The molecule has 7 nitrogen and oxygen atoms in total. The molecule has 19 heavy (non-hydrogen) atoms. The minimum atomic E-state index is -2.77. The molecule has 0 saturated heterocycles. The van der Waals surface area contributed by atoms with Crippen molar-refractivity contribution in [2.24, 2.45) is 5.16 Å². The van der Waals surface area contributed by atoms with Gasteiger partial charge in [-0.15, -0.1) is 0 Å². The summed E-state index contributed by atoms with van der Waals surface area (Å²) in [6.07, 6.45) is -0.174. The monoisotopic (exact) mass is 312 g/mol. The van der Waals surface area contributed by atoms with E-state index >= 15 is 0 Å². The molecule has 0 radical (unpaired) electrons. The number of amides is 1. The Morgan fingerprint density at radius 1 is 1.37 bits per heavy atom. The Bertz CT molecular complexity index is 362. The quantitative estimate of drug-likeness (QED) is 0.311. The number of carbonyl (C=O) groups is 1. The number of ether oxygens (including phenoxy) is 1. The molecule has 1 unspecified atom stereocenters. The summed E-state index contributed by atoms with van der Waals surface area (Å²) in [6, 6.07) is 0. The molecule has 0 bridgehead atoms. The lowest BCUT2D eigenvalue weighted by atomic mass is 10.7. The third kappa shape index (κ3) is 7.44. The first-order valence-corrected chi connectivity index (χ1v) is 9.15. The predicted molar refractivity (Wildman–Crippen MR) is 76.8 cm³/mol. The molecule has 0 aliphatic rings. The smallest absolute Gasteiger partial charge is 0.396 e. The first kappa shape index (κ1) is 18.3. The van der Waals surface area contributed by atoms with Gasteiger partial charge in [0.1, 0.15) is 7.11 Å². The molecule has 112 valence electrons. The summed E-state index contributed by atoms with van der Waals surface area (Å²) in [5.74, 6) is 0.193. The van der Waals surface area contributed by atoms with Gasteiger partial charge in [-0.1, -0.05) is 23.5 Å². The van der Waals surface area contributed by atoms with E-state index in [9.17, 15) is 9.36 Å². The van der Waals surface area contributed by atoms with Crippen molar-refractivity contribution < 1.29 is 23.5 Å². The second-order valence-electron chi connectivity index (χ2n) is 3.55. The van der Waals surface area contributed by atoms with E-state index in [-0.39, 0.29) is 11.7 Å². The Kier molecular flexibility index (Phi) is 8.88. The van der Waals surface area contributed by atoms with E-state index in [0.717, 1.165) is 11.4 Å². The maximum atomic E-state index is 12.2. The normalized spacial score (nSPS) is 14.7. The Balaban J connectivity index is 4.57. The number of rotatable bonds is 7. The molecule has 9 heteroatoms. The van der Waals surface area contributed by atoms with Gasteiger partial charge in [0, 0.05) is 20.3 Å². The van der Waals surface area contributed by atoms with Gasteiger partial charge in [0.2, 0.25) is 5.90 Å². The summed E-state index contributed by atoms with van der Waals surface area (Å²) in [6.45, 7) is 1.15. The molecule has 0 aliphatic carbocycles. The highest BCUT2D eigenvalue weighted by Crippen LogP contribution is 2.59. The number of hydrogen-bond donors (Lipinski definition) is 0. The van der Waals surface area contributed by atoms with Crippen LogP contribution in [0.5, 0.6) is 0 Å². The van der Waals surface area contributed by atoms with Crippen molar-refractivity contribution in [1.82, 2.24) is 4.90 Å². The highest BCUT2D eigenvalue weighted by molar-refractivity contribution is 8.56. The van der Waals surface area contributed by atoms with Gasteiger partial charge in [0.25, 0.3) is 6.57 Å². The zero-order chi connectivity index (χ0) is 14.9. The van der Waals surface area contributed by atoms with Crippen molar-refractivity contribution >= 4 is 29.9 Å². The van der Waals surface area contributed by atoms with Crippen LogP contribution in [0.3, 0.4) is 0 Å². The maximum absolute atomic E-state index is 12.2. The lowest BCUT2D eigenvalue weighted by molar-refractivity contribution is 0.157. The summed E-state index contributed by atoms with van der Waals surface area (Å²) in [5.41, 5.74) is 0. The van der Waals surface area contributed by atoms with E-state index in [0.29, 0.717) is 12.8 Å². The molecule has 0 rings (SSSR count). The molecule has 0 aromatic heterocycles. The Labute approximate surface area is 117 Å². The molecule has 0 fully saturated rings. The van der Waals surface area contributed by atoms with Crippen LogP contribution in [0.25, 0.3) is 0 Å². The molecule has 0 heterocycles. The lowest BCUT2D eigenvalue weighted by Gasteiger charge is -2.16. The second-order valence-corrected chi connectivity index (χ2v) is 8.65. The van der Waals surface area contributed by atoms with Crippen molar-refractivity contribution in [2.45, 2.75) is 13.8 Å². The topological polar surface area (TPSA) is 77.4 Å². The van der Waals surface area contributed by atoms with Crippen LogP contribution in [0.15, 0.2) is 5.16 Å². The van der Waals surface area contributed by atoms with E-state index in [1.54, 1.807) is 27.9 Å². The van der Waals surface area contributed by atoms with Crippen molar-refractivity contribution in [1.29, 1.82) is 0 Å². The van der Waals surface area contributed by atoms with Crippen molar-refractivity contribution in [2.75, 3.05) is 39.7 Å². The average molecular weight is 312 g/mol. The SMILES string of the molecule is CCOP(=O)(CC)SCC(=NOC)OC(=O)N(C)C. The van der Waals surface area contributed by atoms with E-state index < -0.39 is 12.7 Å². The summed E-state index contributed by atoms with van der Waals surface area (Å²) < 4.78 is 22.4. The van der Waals surface area contributed by atoms with Crippen LogP contribution in [0, 0.1) is 0 Å². The average Bonchev–Trinajstić information content (AvgIpc) is 2.36. The summed E-state index contributed by atoms with van der Waals surface area (Å²) in [5, 5.41) is 3.59. The van der Waals surface area contributed by atoms with Gasteiger partial charge >= 0.3 is 6.09 Å². The van der Waals surface area contributed by atoms with Crippen LogP contribution in [0.4, 0.5) is 4.79 Å². The molecule has 0 N–H and O–H groups in total. The molecular weight excluding hydrogens is 291 g/mol. The fourth-order valence-electron chi connectivity index (χ4n) is 0.938. The van der Waals surface area contributed by atoms with Gasteiger partial charge in [0.15, 0.2) is 0 Å². The summed E-state index contributed by atoms with van der Waals surface area (Å²) >= 11 is 1.08. The minimum Gasteiger partial charge on any atom is -0.396 e. The molecule has 0 aromatic carbocycles. The zero-order valence-electron chi connectivity index (χ0n) is 11.9.